The molecule has 1 heterocycles. The van der Waals surface area contributed by atoms with Gasteiger partial charge in [-0.2, -0.15) is 18.4 Å². The van der Waals surface area contributed by atoms with E-state index in [9.17, 15) is 23.2 Å². The van der Waals surface area contributed by atoms with Crippen molar-refractivity contribution in [1.29, 1.82) is 5.26 Å². The predicted octanol–water partition coefficient (Wildman–Crippen LogP) is 9.05. The Labute approximate surface area is 269 Å². The van der Waals surface area contributed by atoms with Gasteiger partial charge in [-0.15, -0.1) is 0 Å². The number of carbonyl (C=O) groups excluding carboxylic acids is 1. The lowest BCUT2D eigenvalue weighted by Crippen LogP contribution is -2.64. The third-order valence-electron chi connectivity index (χ3n) is 7.91. The molecule has 0 radical (unpaired) electrons. The van der Waals surface area contributed by atoms with E-state index in [2.05, 4.69) is 0 Å². The van der Waals surface area contributed by atoms with E-state index in [4.69, 9.17) is 35.4 Å². The van der Waals surface area contributed by atoms with Crippen molar-refractivity contribution in [3.05, 3.63) is 135 Å². The first-order valence-corrected chi connectivity index (χ1v) is 14.9. The molecule has 0 N–H and O–H groups in total. The molecular formula is C34H26Cl2F3N3OS. The summed E-state index contributed by atoms with van der Waals surface area (Å²) < 4.78 is 42.2. The van der Waals surface area contributed by atoms with Crippen LogP contribution in [0.2, 0.25) is 10.0 Å². The lowest BCUT2D eigenvalue weighted by atomic mass is 9.73. The molecule has 10 heteroatoms. The number of carbonyl (C=O) groups is 1. The van der Waals surface area contributed by atoms with Crippen LogP contribution in [-0.2, 0) is 23.8 Å². The molecule has 0 saturated carbocycles. The number of nitriles is 1. The smallest absolute Gasteiger partial charge is 0.341 e. The molecule has 1 aliphatic heterocycles. The summed E-state index contributed by atoms with van der Waals surface area (Å²) in [5.74, 6) is -0.443. The highest BCUT2D eigenvalue weighted by molar-refractivity contribution is 7.80. The van der Waals surface area contributed by atoms with E-state index in [0.717, 1.165) is 28.8 Å². The SMILES string of the molecule is C[C@H](c1ccccc1)N1CC(Cc2ccc(Cl)cc2)(Cc2ccc(Cl)cc2)C(=O)N(c2ccc(C#N)c(C(F)(F)F)c2)C1=S. The van der Waals surface area contributed by atoms with Gasteiger partial charge in [-0.25, -0.2) is 0 Å². The average molecular weight is 653 g/mol. The molecule has 4 aromatic carbocycles. The second-order valence-electron chi connectivity index (χ2n) is 10.9. The van der Waals surface area contributed by atoms with Gasteiger partial charge in [0.15, 0.2) is 5.11 Å². The second-order valence-corrected chi connectivity index (χ2v) is 12.1. The van der Waals surface area contributed by atoms with Crippen LogP contribution in [0.25, 0.3) is 0 Å². The van der Waals surface area contributed by atoms with E-state index >= 15 is 0 Å². The standard InChI is InChI=1S/C34H26Cl2F3N3OS/c1-22(25-5-3-2-4-6-25)41-21-33(18-23-7-12-27(35)13-8-23,19-24-9-14-28(36)15-10-24)31(43)42(32(41)44)29-16-11-26(20-40)30(17-29)34(37,38)39/h2-17,22H,18-19,21H2,1H3/t22-/m1/s1. The van der Waals surface area contributed by atoms with Crippen molar-refractivity contribution in [2.45, 2.75) is 32.0 Å². The monoisotopic (exact) mass is 651 g/mol. The zero-order chi connectivity index (χ0) is 31.6. The number of halogens is 5. The molecule has 1 amide bonds. The van der Waals surface area contributed by atoms with Crippen molar-refractivity contribution in [1.82, 2.24) is 4.90 Å². The van der Waals surface area contributed by atoms with E-state index in [1.54, 1.807) is 30.3 Å². The van der Waals surface area contributed by atoms with Gasteiger partial charge in [0.2, 0.25) is 5.91 Å². The molecule has 5 rings (SSSR count). The van der Waals surface area contributed by atoms with E-state index in [-0.39, 0.29) is 36.2 Å². The number of hydrogen-bond acceptors (Lipinski definition) is 3. The van der Waals surface area contributed by atoms with Gasteiger partial charge in [0, 0.05) is 16.6 Å². The molecule has 1 atom stereocenters. The molecule has 1 saturated heterocycles. The first-order valence-electron chi connectivity index (χ1n) is 13.7. The molecule has 1 aliphatic rings. The Hall–Kier alpha value is -3.90. The van der Waals surface area contributed by atoms with Gasteiger partial charge in [0.05, 0.1) is 34.3 Å². The van der Waals surface area contributed by atoms with Crippen LogP contribution in [0.3, 0.4) is 0 Å². The molecular weight excluding hydrogens is 626 g/mol. The topological polar surface area (TPSA) is 47.3 Å². The summed E-state index contributed by atoms with van der Waals surface area (Å²) in [5.41, 5.74) is -0.332. The number of benzene rings is 4. The Bertz CT molecular complexity index is 1670. The van der Waals surface area contributed by atoms with Crippen molar-refractivity contribution >= 4 is 52.1 Å². The molecule has 0 spiro atoms. The first-order chi connectivity index (χ1) is 20.9. The van der Waals surface area contributed by atoms with E-state index in [0.29, 0.717) is 10.0 Å². The van der Waals surface area contributed by atoms with Crippen molar-refractivity contribution < 1.29 is 18.0 Å². The molecule has 4 aromatic rings. The van der Waals surface area contributed by atoms with Crippen LogP contribution in [0.15, 0.2) is 97.1 Å². The Morgan fingerprint density at radius 1 is 0.909 bits per heavy atom. The Kier molecular flexibility index (Phi) is 9.03. The van der Waals surface area contributed by atoms with Gasteiger partial charge in [0.25, 0.3) is 0 Å². The summed E-state index contributed by atoms with van der Waals surface area (Å²) in [5, 5.41) is 10.5. The highest BCUT2D eigenvalue weighted by Crippen LogP contribution is 2.42. The zero-order valence-corrected chi connectivity index (χ0v) is 25.8. The van der Waals surface area contributed by atoms with Crippen LogP contribution in [0.5, 0.6) is 0 Å². The van der Waals surface area contributed by atoms with Crippen molar-refractivity contribution in [3.8, 4) is 6.07 Å². The molecule has 0 unspecified atom stereocenters. The summed E-state index contributed by atoms with van der Waals surface area (Å²) in [6.07, 6.45) is -4.31. The number of nitrogens with zero attached hydrogens (tertiary/aromatic N) is 3. The van der Waals surface area contributed by atoms with E-state index in [1.807, 2.05) is 66.4 Å². The Balaban J connectivity index is 1.71. The molecule has 0 bridgehead atoms. The van der Waals surface area contributed by atoms with Crippen LogP contribution in [0.4, 0.5) is 18.9 Å². The van der Waals surface area contributed by atoms with Gasteiger partial charge in [-0.1, -0.05) is 77.8 Å². The van der Waals surface area contributed by atoms with E-state index < -0.39 is 28.6 Å². The molecule has 1 fully saturated rings. The van der Waals surface area contributed by atoms with Crippen LogP contribution < -0.4 is 4.90 Å². The van der Waals surface area contributed by atoms with Crippen molar-refractivity contribution in [2.75, 3.05) is 11.4 Å². The third kappa shape index (κ3) is 6.46. The molecule has 0 aliphatic carbocycles. The fourth-order valence-corrected chi connectivity index (χ4v) is 6.33. The fraction of sp³-hybridized carbons (Fsp3) is 0.206. The Morgan fingerprint density at radius 2 is 1.45 bits per heavy atom. The lowest BCUT2D eigenvalue weighted by Gasteiger charge is -2.50. The van der Waals surface area contributed by atoms with E-state index in [1.165, 1.54) is 11.0 Å². The highest BCUT2D eigenvalue weighted by Gasteiger charge is 2.51. The minimum Gasteiger partial charge on any atom is -0.341 e. The fourth-order valence-electron chi connectivity index (χ4n) is 5.67. The number of amides is 1. The number of thiocarbonyl (C=S) groups is 1. The van der Waals surface area contributed by atoms with Gasteiger partial charge in [0.1, 0.15) is 0 Å². The number of anilines is 1. The summed E-state index contributed by atoms with van der Waals surface area (Å²) in [7, 11) is 0. The maximum absolute atomic E-state index is 14.8. The predicted molar refractivity (Wildman–Crippen MR) is 171 cm³/mol. The number of rotatable bonds is 7. The highest BCUT2D eigenvalue weighted by atomic mass is 35.5. The maximum Gasteiger partial charge on any atom is 0.417 e. The van der Waals surface area contributed by atoms with Crippen molar-refractivity contribution in [3.63, 3.8) is 0 Å². The largest absolute Gasteiger partial charge is 0.417 e. The molecule has 4 nitrogen and oxygen atoms in total. The van der Waals surface area contributed by atoms with Crippen LogP contribution in [-0.4, -0.2) is 22.5 Å². The average Bonchev–Trinajstić information content (AvgIpc) is 3.01. The molecule has 44 heavy (non-hydrogen) atoms. The maximum atomic E-state index is 14.8. The number of alkyl halides is 3. The van der Waals surface area contributed by atoms with Gasteiger partial charge in [-0.05, 0) is 91.1 Å². The summed E-state index contributed by atoms with van der Waals surface area (Å²) >= 11 is 18.2. The quantitative estimate of drug-likeness (QED) is 0.187. The second kappa shape index (κ2) is 12.6. The third-order valence-corrected chi connectivity index (χ3v) is 8.84. The first kappa shape index (κ1) is 31.5. The summed E-state index contributed by atoms with van der Waals surface area (Å²) in [6.45, 7) is 2.15. The summed E-state index contributed by atoms with van der Waals surface area (Å²) in [4.78, 5) is 17.9. The van der Waals surface area contributed by atoms with Gasteiger partial charge < -0.3 is 4.90 Å². The van der Waals surface area contributed by atoms with Gasteiger partial charge >= 0.3 is 6.18 Å². The lowest BCUT2D eigenvalue weighted by molar-refractivity contribution is -0.138. The van der Waals surface area contributed by atoms with Crippen molar-refractivity contribution in [2.24, 2.45) is 5.41 Å². The zero-order valence-electron chi connectivity index (χ0n) is 23.5. The molecule has 0 aromatic heterocycles. The van der Waals surface area contributed by atoms with Gasteiger partial charge in [-0.3, -0.25) is 9.69 Å². The van der Waals surface area contributed by atoms with Crippen LogP contribution >= 0.6 is 35.4 Å². The number of hydrogen-bond donors (Lipinski definition) is 0. The minimum atomic E-state index is -4.82. The van der Waals surface area contributed by atoms with Crippen LogP contribution in [0.1, 0.15) is 40.8 Å². The minimum absolute atomic E-state index is 0.0622. The molecule has 224 valence electrons. The van der Waals surface area contributed by atoms with Crippen LogP contribution in [0, 0.1) is 16.7 Å². The Morgan fingerprint density at radius 3 is 1.95 bits per heavy atom. The summed E-state index contributed by atoms with van der Waals surface area (Å²) in [6, 6.07) is 28.4. The normalized spacial score (nSPS) is 15.7.